The van der Waals surface area contributed by atoms with Crippen LogP contribution in [0.2, 0.25) is 0 Å². The fourth-order valence-corrected chi connectivity index (χ4v) is 4.42. The van der Waals surface area contributed by atoms with Gasteiger partial charge in [-0.1, -0.05) is 23.4 Å². The van der Waals surface area contributed by atoms with Crippen molar-refractivity contribution in [3.05, 3.63) is 95.4 Å². The van der Waals surface area contributed by atoms with Gasteiger partial charge in [-0.3, -0.25) is 9.59 Å². The Hall–Kier alpha value is -4.72. The quantitative estimate of drug-likeness (QED) is 0.390. The van der Waals surface area contributed by atoms with E-state index in [4.69, 9.17) is 8.94 Å². The standard InChI is InChI=1S/C27H20N4O4/c1-16-24-20(15-21(23-7-4-14-34-23)29-26(24)35-30-16)25(32)28-19-10-8-18(9-11-19)27(33)31-13-12-17-5-2-3-6-22(17)31/h2-11,14-15H,12-13H2,1H3,(H,28,32). The van der Waals surface area contributed by atoms with Crippen LogP contribution in [0.3, 0.4) is 0 Å². The van der Waals surface area contributed by atoms with Crippen molar-refractivity contribution < 1.29 is 18.5 Å². The Morgan fingerprint density at radius 3 is 2.66 bits per heavy atom. The van der Waals surface area contributed by atoms with Gasteiger partial charge in [0.1, 0.15) is 5.69 Å². The van der Waals surface area contributed by atoms with Crippen LogP contribution >= 0.6 is 0 Å². The second-order valence-corrected chi connectivity index (χ2v) is 8.35. The molecule has 35 heavy (non-hydrogen) atoms. The van der Waals surface area contributed by atoms with E-state index in [-0.39, 0.29) is 17.5 Å². The van der Waals surface area contributed by atoms with Gasteiger partial charge in [0.2, 0.25) is 0 Å². The molecule has 0 radical (unpaired) electrons. The molecule has 172 valence electrons. The first-order valence-corrected chi connectivity index (χ1v) is 11.2. The lowest BCUT2D eigenvalue weighted by Crippen LogP contribution is -2.28. The first kappa shape index (κ1) is 20.9. The summed E-state index contributed by atoms with van der Waals surface area (Å²) < 4.78 is 10.8. The largest absolute Gasteiger partial charge is 0.463 e. The Morgan fingerprint density at radius 2 is 1.86 bits per heavy atom. The molecule has 5 aromatic rings. The van der Waals surface area contributed by atoms with E-state index in [0.29, 0.717) is 45.9 Å². The number of nitrogens with one attached hydrogen (secondary N) is 1. The summed E-state index contributed by atoms with van der Waals surface area (Å²) in [5.74, 6) is 0.109. The van der Waals surface area contributed by atoms with Crippen molar-refractivity contribution >= 4 is 34.3 Å². The van der Waals surface area contributed by atoms with Crippen molar-refractivity contribution in [1.82, 2.24) is 10.1 Å². The van der Waals surface area contributed by atoms with Gasteiger partial charge in [0.05, 0.1) is 22.9 Å². The zero-order chi connectivity index (χ0) is 23.9. The van der Waals surface area contributed by atoms with Gasteiger partial charge in [-0.2, -0.15) is 0 Å². The van der Waals surface area contributed by atoms with Gasteiger partial charge in [0.25, 0.3) is 17.5 Å². The number of nitrogens with zero attached hydrogens (tertiary/aromatic N) is 3. The topological polar surface area (TPSA) is 101 Å². The number of aryl methyl sites for hydroxylation is 1. The molecule has 4 heterocycles. The van der Waals surface area contributed by atoms with Crippen molar-refractivity contribution in [3.63, 3.8) is 0 Å². The number of fused-ring (bicyclic) bond motifs is 2. The maximum absolute atomic E-state index is 13.3. The monoisotopic (exact) mass is 464 g/mol. The highest BCUT2D eigenvalue weighted by molar-refractivity contribution is 6.13. The molecule has 0 fully saturated rings. The molecule has 0 atom stereocenters. The number of carbonyl (C=O) groups excluding carboxylic acids is 2. The first-order chi connectivity index (χ1) is 17.1. The van der Waals surface area contributed by atoms with Crippen LogP contribution < -0.4 is 10.2 Å². The van der Waals surface area contributed by atoms with Crippen molar-refractivity contribution in [2.75, 3.05) is 16.8 Å². The minimum absolute atomic E-state index is 0.0631. The summed E-state index contributed by atoms with van der Waals surface area (Å²) in [6.07, 6.45) is 2.38. The summed E-state index contributed by atoms with van der Waals surface area (Å²) in [7, 11) is 0. The summed E-state index contributed by atoms with van der Waals surface area (Å²) >= 11 is 0. The number of amides is 2. The lowest BCUT2D eigenvalue weighted by molar-refractivity contribution is 0.0988. The lowest BCUT2D eigenvalue weighted by Gasteiger charge is -2.17. The molecule has 0 unspecified atom stereocenters. The van der Waals surface area contributed by atoms with Crippen molar-refractivity contribution in [2.24, 2.45) is 0 Å². The second-order valence-electron chi connectivity index (χ2n) is 8.35. The molecule has 8 heteroatoms. The molecule has 0 saturated heterocycles. The maximum atomic E-state index is 13.3. The summed E-state index contributed by atoms with van der Waals surface area (Å²) in [6, 6.07) is 20.0. The number of pyridine rings is 1. The van der Waals surface area contributed by atoms with Gasteiger partial charge in [0, 0.05) is 23.5 Å². The molecule has 0 bridgehead atoms. The van der Waals surface area contributed by atoms with Gasteiger partial charge in [-0.25, -0.2) is 4.98 Å². The number of benzene rings is 2. The van der Waals surface area contributed by atoms with Gasteiger partial charge >= 0.3 is 0 Å². The third-order valence-electron chi connectivity index (χ3n) is 6.16. The molecule has 3 aromatic heterocycles. The van der Waals surface area contributed by atoms with Crippen molar-refractivity contribution in [1.29, 1.82) is 0 Å². The Morgan fingerprint density at radius 1 is 1.03 bits per heavy atom. The summed E-state index contributed by atoms with van der Waals surface area (Å²) in [6.45, 7) is 2.42. The number of furan rings is 1. The molecule has 0 aliphatic carbocycles. The van der Waals surface area contributed by atoms with Crippen LogP contribution in [0.5, 0.6) is 0 Å². The Balaban J connectivity index is 1.26. The number of aromatic nitrogens is 2. The van der Waals surface area contributed by atoms with Crippen molar-refractivity contribution in [2.45, 2.75) is 13.3 Å². The minimum atomic E-state index is -0.343. The van der Waals surface area contributed by atoms with Crippen LogP contribution in [0.1, 0.15) is 32.0 Å². The third-order valence-corrected chi connectivity index (χ3v) is 6.16. The van der Waals surface area contributed by atoms with Gasteiger partial charge in [-0.15, -0.1) is 0 Å². The van der Waals surface area contributed by atoms with E-state index >= 15 is 0 Å². The average Bonchev–Trinajstić information content (AvgIpc) is 3.64. The average molecular weight is 464 g/mol. The summed E-state index contributed by atoms with van der Waals surface area (Å²) in [5, 5.41) is 7.40. The maximum Gasteiger partial charge on any atom is 0.259 e. The highest BCUT2D eigenvalue weighted by Gasteiger charge is 2.25. The predicted molar refractivity (Wildman–Crippen MR) is 130 cm³/mol. The molecule has 2 amide bonds. The van der Waals surface area contributed by atoms with Crippen molar-refractivity contribution in [3.8, 4) is 11.5 Å². The van der Waals surface area contributed by atoms with Gasteiger partial charge in [-0.05, 0) is 67.4 Å². The number of rotatable bonds is 4. The molecule has 6 rings (SSSR count). The summed E-state index contributed by atoms with van der Waals surface area (Å²) in [5.41, 5.74) is 4.90. The van der Waals surface area contributed by atoms with E-state index in [9.17, 15) is 9.59 Å². The first-order valence-electron chi connectivity index (χ1n) is 11.2. The zero-order valence-electron chi connectivity index (χ0n) is 18.8. The molecule has 1 aliphatic rings. The van der Waals surface area contributed by atoms with Crippen LogP contribution in [0, 0.1) is 6.92 Å². The van der Waals surface area contributed by atoms with E-state index in [0.717, 1.165) is 12.1 Å². The van der Waals surface area contributed by atoms with Crippen LogP contribution in [0.25, 0.3) is 22.6 Å². The Kier molecular flexibility index (Phi) is 4.92. The number of para-hydroxylation sites is 1. The molecular weight excluding hydrogens is 444 g/mol. The highest BCUT2D eigenvalue weighted by atomic mass is 16.5. The fraction of sp³-hybridized carbons (Fsp3) is 0.111. The van der Waals surface area contributed by atoms with Gasteiger partial charge < -0.3 is 19.2 Å². The van der Waals surface area contributed by atoms with E-state index < -0.39 is 0 Å². The van der Waals surface area contributed by atoms with E-state index in [2.05, 4.69) is 15.5 Å². The number of hydrogen-bond acceptors (Lipinski definition) is 6. The highest BCUT2D eigenvalue weighted by Crippen LogP contribution is 2.30. The van der Waals surface area contributed by atoms with Gasteiger partial charge in [0.15, 0.2) is 5.76 Å². The molecule has 8 nitrogen and oxygen atoms in total. The number of hydrogen-bond donors (Lipinski definition) is 1. The normalized spacial score (nSPS) is 12.7. The predicted octanol–water partition coefficient (Wildman–Crippen LogP) is 5.25. The van der Waals surface area contributed by atoms with E-state index in [1.54, 1.807) is 54.3 Å². The van der Waals surface area contributed by atoms with Crippen LogP contribution in [0.4, 0.5) is 11.4 Å². The lowest BCUT2D eigenvalue weighted by atomic mass is 10.1. The van der Waals surface area contributed by atoms with E-state index in [1.807, 2.05) is 24.3 Å². The van der Waals surface area contributed by atoms with Crippen LogP contribution in [-0.2, 0) is 6.42 Å². The molecule has 1 aliphatic heterocycles. The van der Waals surface area contributed by atoms with Crippen LogP contribution in [0.15, 0.2) is 81.9 Å². The zero-order valence-corrected chi connectivity index (χ0v) is 18.8. The van der Waals surface area contributed by atoms with E-state index in [1.165, 1.54) is 11.8 Å². The molecular formula is C27H20N4O4. The third kappa shape index (κ3) is 3.65. The fourth-order valence-electron chi connectivity index (χ4n) is 4.42. The second kappa shape index (κ2) is 8.25. The molecule has 2 aromatic carbocycles. The van der Waals surface area contributed by atoms with Crippen LogP contribution in [-0.4, -0.2) is 28.5 Å². The smallest absolute Gasteiger partial charge is 0.259 e. The molecule has 1 N–H and O–H groups in total. The summed E-state index contributed by atoms with van der Waals surface area (Å²) in [4.78, 5) is 32.5. The molecule has 0 spiro atoms. The minimum Gasteiger partial charge on any atom is -0.463 e. The SMILES string of the molecule is Cc1noc2nc(-c3ccco3)cc(C(=O)Nc3ccc(C(=O)N4CCc5ccccc54)cc3)c12. The Bertz CT molecular complexity index is 1570. The number of anilines is 2. The number of carbonyl (C=O) groups is 2. The molecule has 0 saturated carbocycles. The Labute approximate surface area is 200 Å².